The second kappa shape index (κ2) is 8.88. The van der Waals surface area contributed by atoms with Gasteiger partial charge < -0.3 is 25.8 Å². The fourth-order valence-corrected chi connectivity index (χ4v) is 2.11. The van der Waals surface area contributed by atoms with Crippen LogP contribution in [0.5, 0.6) is 0 Å². The number of ether oxygens (including phenoxy) is 1. The second-order valence-corrected chi connectivity index (χ2v) is 5.55. The van der Waals surface area contributed by atoms with Crippen LogP contribution in [-0.2, 0) is 4.74 Å². The molecule has 2 aromatic rings. The van der Waals surface area contributed by atoms with Gasteiger partial charge in [-0.1, -0.05) is 13.8 Å². The Morgan fingerprint density at radius 3 is 2.42 bits per heavy atom. The molecule has 0 saturated carbocycles. The third-order valence-electron chi connectivity index (χ3n) is 2.99. The molecule has 1 saturated heterocycles. The Bertz CT molecular complexity index is 620. The molecule has 9 heteroatoms. The maximum Gasteiger partial charge on any atom is 0.167 e. The van der Waals surface area contributed by atoms with Gasteiger partial charge in [-0.15, -0.1) is 0 Å². The van der Waals surface area contributed by atoms with Crippen LogP contribution in [0.3, 0.4) is 0 Å². The van der Waals surface area contributed by atoms with Crippen LogP contribution in [0.2, 0.25) is 0 Å². The second-order valence-electron chi connectivity index (χ2n) is 5.55. The van der Waals surface area contributed by atoms with E-state index in [1.807, 2.05) is 18.4 Å². The van der Waals surface area contributed by atoms with E-state index in [-0.39, 0.29) is 18.9 Å². The normalized spacial score (nSPS) is 20.1. The van der Waals surface area contributed by atoms with Crippen LogP contribution >= 0.6 is 0 Å². The molecule has 0 aromatic carbocycles. The van der Waals surface area contributed by atoms with Gasteiger partial charge in [-0.05, 0) is 26.7 Å². The zero-order chi connectivity index (χ0) is 18.3. The Labute approximate surface area is 141 Å². The highest BCUT2D eigenvalue weighted by Crippen LogP contribution is 2.30. The van der Waals surface area contributed by atoms with E-state index in [1.54, 1.807) is 6.33 Å². The summed E-state index contributed by atoms with van der Waals surface area (Å²) in [4.78, 5) is 12.2. The first kappa shape index (κ1) is 20.2. The number of aromatic nitrogens is 4. The fraction of sp³-hybridized carbons (Fsp3) is 0.667. The number of rotatable bonds is 2. The first-order valence-electron chi connectivity index (χ1n) is 7.93. The van der Waals surface area contributed by atoms with Crippen LogP contribution in [0.1, 0.15) is 46.8 Å². The molecule has 1 fully saturated rings. The molecule has 0 radical (unpaired) electrons. The number of nitrogen functional groups attached to an aromatic ring is 1. The SMILES string of the molecule is CC.CC(C)(O)O.Nc1ncnc2c1ncn2C1CCC(CO)O1. The van der Waals surface area contributed by atoms with E-state index in [0.717, 1.165) is 12.8 Å². The van der Waals surface area contributed by atoms with Gasteiger partial charge in [0.05, 0.1) is 19.0 Å². The van der Waals surface area contributed by atoms with Crippen molar-refractivity contribution in [1.82, 2.24) is 19.5 Å². The van der Waals surface area contributed by atoms with Crippen LogP contribution in [0, 0.1) is 0 Å². The lowest BCUT2D eigenvalue weighted by Crippen LogP contribution is -2.15. The molecule has 2 unspecified atom stereocenters. The highest BCUT2D eigenvalue weighted by Gasteiger charge is 2.27. The van der Waals surface area contributed by atoms with E-state index >= 15 is 0 Å². The molecule has 1 aliphatic rings. The highest BCUT2D eigenvalue weighted by molar-refractivity contribution is 5.81. The number of hydrogen-bond donors (Lipinski definition) is 4. The smallest absolute Gasteiger partial charge is 0.167 e. The molecule has 3 heterocycles. The summed E-state index contributed by atoms with van der Waals surface area (Å²) in [5.74, 6) is -1.13. The quantitative estimate of drug-likeness (QED) is 0.588. The molecular weight excluding hydrogens is 314 g/mol. The Morgan fingerprint density at radius 2 is 1.88 bits per heavy atom. The lowest BCUT2D eigenvalue weighted by atomic mass is 10.2. The van der Waals surface area contributed by atoms with Gasteiger partial charge in [0.1, 0.15) is 18.1 Å². The minimum Gasteiger partial charge on any atom is -0.394 e. The van der Waals surface area contributed by atoms with Crippen molar-refractivity contribution >= 4 is 17.0 Å². The molecule has 0 aliphatic carbocycles. The number of nitrogens with two attached hydrogens (primary N) is 1. The molecule has 0 spiro atoms. The maximum atomic E-state index is 9.04. The van der Waals surface area contributed by atoms with Crippen molar-refractivity contribution in [3.63, 3.8) is 0 Å². The van der Waals surface area contributed by atoms with Crippen LogP contribution < -0.4 is 5.73 Å². The summed E-state index contributed by atoms with van der Waals surface area (Å²) >= 11 is 0. The van der Waals surface area contributed by atoms with Gasteiger partial charge in [-0.25, -0.2) is 15.0 Å². The van der Waals surface area contributed by atoms with Crippen molar-refractivity contribution in [3.8, 4) is 0 Å². The number of nitrogens with zero attached hydrogens (tertiary/aromatic N) is 4. The Morgan fingerprint density at radius 1 is 1.25 bits per heavy atom. The zero-order valence-electron chi connectivity index (χ0n) is 14.5. The molecule has 2 aromatic heterocycles. The van der Waals surface area contributed by atoms with Crippen LogP contribution in [0.4, 0.5) is 5.82 Å². The average Bonchev–Trinajstić information content (AvgIpc) is 3.14. The van der Waals surface area contributed by atoms with E-state index in [4.69, 9.17) is 25.8 Å². The summed E-state index contributed by atoms with van der Waals surface area (Å²) in [5.41, 5.74) is 6.97. The van der Waals surface area contributed by atoms with Gasteiger partial charge in [0.25, 0.3) is 0 Å². The number of anilines is 1. The highest BCUT2D eigenvalue weighted by atomic mass is 16.5. The van der Waals surface area contributed by atoms with E-state index in [2.05, 4.69) is 15.0 Å². The summed E-state index contributed by atoms with van der Waals surface area (Å²) in [6, 6.07) is 0. The standard InChI is InChI=1S/C10H13N5O2.C3H8O2.C2H6/c11-9-8-10(13-4-12-9)15(5-14-8)7-2-1-6(3-16)17-7;1-3(2,4)5;1-2/h4-7,16H,1-3H2,(H2,11,12,13);4-5H,1-2H3;1-2H3. The first-order chi connectivity index (χ1) is 11.3. The number of imidazole rings is 1. The van der Waals surface area contributed by atoms with Gasteiger partial charge >= 0.3 is 0 Å². The molecule has 2 atom stereocenters. The Balaban J connectivity index is 0.000000356. The van der Waals surface area contributed by atoms with Crippen molar-refractivity contribution < 1.29 is 20.1 Å². The van der Waals surface area contributed by atoms with Gasteiger partial charge in [-0.3, -0.25) is 4.57 Å². The van der Waals surface area contributed by atoms with Gasteiger partial charge in [0, 0.05) is 0 Å². The van der Waals surface area contributed by atoms with Crippen molar-refractivity contribution in [3.05, 3.63) is 12.7 Å². The van der Waals surface area contributed by atoms with E-state index in [1.165, 1.54) is 20.2 Å². The molecular formula is C15H27N5O4. The zero-order valence-corrected chi connectivity index (χ0v) is 14.5. The van der Waals surface area contributed by atoms with Gasteiger partial charge in [0.15, 0.2) is 17.3 Å². The van der Waals surface area contributed by atoms with E-state index in [0.29, 0.717) is 17.0 Å². The van der Waals surface area contributed by atoms with Crippen LogP contribution in [-0.4, -0.2) is 53.3 Å². The average molecular weight is 341 g/mol. The predicted octanol–water partition coefficient (Wildman–Crippen LogP) is 0.812. The minimum absolute atomic E-state index is 0.0419. The monoisotopic (exact) mass is 341 g/mol. The largest absolute Gasteiger partial charge is 0.394 e. The molecule has 1 aliphatic heterocycles. The third-order valence-corrected chi connectivity index (χ3v) is 2.99. The molecule has 136 valence electrons. The molecule has 0 amide bonds. The number of aliphatic hydroxyl groups is 3. The lowest BCUT2D eigenvalue weighted by Gasteiger charge is -2.13. The summed E-state index contributed by atoms with van der Waals surface area (Å²) < 4.78 is 7.51. The van der Waals surface area contributed by atoms with Crippen LogP contribution in [0.15, 0.2) is 12.7 Å². The maximum absolute atomic E-state index is 9.04. The van der Waals surface area contributed by atoms with E-state index in [9.17, 15) is 0 Å². The number of hydrogen-bond acceptors (Lipinski definition) is 8. The van der Waals surface area contributed by atoms with Crippen molar-refractivity contribution in [2.75, 3.05) is 12.3 Å². The molecule has 3 rings (SSSR count). The van der Waals surface area contributed by atoms with E-state index < -0.39 is 5.79 Å². The molecule has 0 bridgehead atoms. The minimum atomic E-state index is -1.50. The van der Waals surface area contributed by atoms with Crippen molar-refractivity contribution in [2.45, 2.75) is 58.7 Å². The Hall–Kier alpha value is -1.81. The lowest BCUT2D eigenvalue weighted by molar-refractivity contribution is -0.127. The third kappa shape index (κ3) is 5.68. The predicted molar refractivity (Wildman–Crippen MR) is 89.8 cm³/mol. The summed E-state index contributed by atoms with van der Waals surface area (Å²) in [7, 11) is 0. The first-order valence-corrected chi connectivity index (χ1v) is 7.93. The topological polar surface area (TPSA) is 140 Å². The van der Waals surface area contributed by atoms with Gasteiger partial charge in [0.2, 0.25) is 0 Å². The number of fused-ring (bicyclic) bond motifs is 1. The van der Waals surface area contributed by atoms with Gasteiger partial charge in [-0.2, -0.15) is 0 Å². The molecule has 24 heavy (non-hydrogen) atoms. The molecule has 5 N–H and O–H groups in total. The molecule has 9 nitrogen and oxygen atoms in total. The number of aliphatic hydroxyl groups excluding tert-OH is 1. The fourth-order valence-electron chi connectivity index (χ4n) is 2.11. The van der Waals surface area contributed by atoms with Crippen molar-refractivity contribution in [1.29, 1.82) is 0 Å². The summed E-state index contributed by atoms with van der Waals surface area (Å²) in [6.07, 6.45) is 4.50. The Kier molecular flexibility index (Phi) is 7.49. The summed E-state index contributed by atoms with van der Waals surface area (Å²) in [6.45, 7) is 6.64. The summed E-state index contributed by atoms with van der Waals surface area (Å²) in [5, 5.41) is 25.2. The van der Waals surface area contributed by atoms with Crippen LogP contribution in [0.25, 0.3) is 11.2 Å². The van der Waals surface area contributed by atoms with Crippen molar-refractivity contribution in [2.24, 2.45) is 0 Å².